The third-order valence-corrected chi connectivity index (χ3v) is 5.19. The van der Waals surface area contributed by atoms with E-state index in [1.54, 1.807) is 11.5 Å². The Balaban J connectivity index is 2.30. The minimum atomic E-state index is -3.67. The summed E-state index contributed by atoms with van der Waals surface area (Å²) in [5, 5.41) is 7.30. The van der Waals surface area contributed by atoms with E-state index in [9.17, 15) is 8.42 Å². The highest BCUT2D eigenvalue weighted by Gasteiger charge is 2.22. The molecule has 0 radical (unpaired) electrons. The molecule has 0 saturated heterocycles. The van der Waals surface area contributed by atoms with Gasteiger partial charge in [0.25, 0.3) is 0 Å². The molecule has 0 aliphatic carbocycles. The maximum atomic E-state index is 12.4. The fourth-order valence-corrected chi connectivity index (χ4v) is 3.77. The van der Waals surface area contributed by atoms with Crippen LogP contribution < -0.4 is 4.72 Å². The van der Waals surface area contributed by atoms with Crippen LogP contribution in [0.1, 0.15) is 38.7 Å². The Bertz CT molecular complexity index is 809. The zero-order chi connectivity index (χ0) is 16.5. The molecule has 0 fully saturated rings. The topological polar surface area (TPSA) is 79.8 Å². The molecular weight excluding hydrogens is 344 g/mol. The van der Waals surface area contributed by atoms with Gasteiger partial charge in [-0.25, -0.2) is 13.1 Å². The third kappa shape index (κ3) is 3.57. The number of nitrogens with zero attached hydrogens (tertiary/aromatic N) is 2. The minimum absolute atomic E-state index is 0.0729. The van der Waals surface area contributed by atoms with E-state index in [2.05, 4.69) is 14.9 Å². The van der Waals surface area contributed by atoms with Crippen LogP contribution >= 0.6 is 23.8 Å². The number of hydrogen-bond donors (Lipinski definition) is 2. The summed E-state index contributed by atoms with van der Waals surface area (Å²) in [6.07, 6.45) is 0. The third-order valence-electron chi connectivity index (χ3n) is 3.09. The quantitative estimate of drug-likeness (QED) is 0.802. The first-order valence-corrected chi connectivity index (χ1v) is 8.94. The van der Waals surface area contributed by atoms with Crippen molar-refractivity contribution in [3.8, 4) is 0 Å². The SMILES string of the molecule is CC(C)n1c([C@@H](C)NS(=O)(=O)c2ccc(Cl)cc2)n[nH]c1=S. The number of rotatable bonds is 5. The summed E-state index contributed by atoms with van der Waals surface area (Å²) in [5.74, 6) is 0.539. The van der Waals surface area contributed by atoms with Crippen molar-refractivity contribution in [2.45, 2.75) is 37.8 Å². The Labute approximate surface area is 139 Å². The number of sulfonamides is 1. The molecule has 6 nitrogen and oxygen atoms in total. The summed E-state index contributed by atoms with van der Waals surface area (Å²) >= 11 is 10.9. The van der Waals surface area contributed by atoms with E-state index >= 15 is 0 Å². The highest BCUT2D eigenvalue weighted by atomic mass is 35.5. The lowest BCUT2D eigenvalue weighted by Crippen LogP contribution is -2.29. The van der Waals surface area contributed by atoms with E-state index in [0.717, 1.165) is 0 Å². The van der Waals surface area contributed by atoms with Gasteiger partial charge in [-0.2, -0.15) is 5.10 Å². The molecule has 2 rings (SSSR count). The van der Waals surface area contributed by atoms with Crippen molar-refractivity contribution >= 4 is 33.8 Å². The van der Waals surface area contributed by atoms with Crippen LogP contribution in [0.5, 0.6) is 0 Å². The molecule has 2 N–H and O–H groups in total. The standard InChI is InChI=1S/C13H17ClN4O2S2/c1-8(2)18-12(15-16-13(18)21)9(3)17-22(19,20)11-6-4-10(14)5-7-11/h4-9,17H,1-3H3,(H,16,21)/t9-/m1/s1. The number of halogens is 1. The van der Waals surface area contributed by atoms with Gasteiger partial charge in [-0.05, 0) is 57.3 Å². The lowest BCUT2D eigenvalue weighted by atomic mass is 10.3. The number of aromatic nitrogens is 3. The molecule has 0 unspecified atom stereocenters. The molecule has 1 aromatic heterocycles. The lowest BCUT2D eigenvalue weighted by Gasteiger charge is -2.17. The van der Waals surface area contributed by atoms with Gasteiger partial charge in [0.15, 0.2) is 4.77 Å². The number of benzene rings is 1. The van der Waals surface area contributed by atoms with Crippen LogP contribution in [0.3, 0.4) is 0 Å². The maximum Gasteiger partial charge on any atom is 0.241 e. The Morgan fingerprint density at radius 2 is 1.86 bits per heavy atom. The second-order valence-electron chi connectivity index (χ2n) is 5.15. The van der Waals surface area contributed by atoms with Gasteiger partial charge in [0.2, 0.25) is 10.0 Å². The van der Waals surface area contributed by atoms with Crippen molar-refractivity contribution in [2.24, 2.45) is 0 Å². The van der Waals surface area contributed by atoms with Crippen molar-refractivity contribution in [1.82, 2.24) is 19.5 Å². The Hall–Kier alpha value is -1.22. The maximum absolute atomic E-state index is 12.4. The molecule has 0 aliphatic rings. The Kier molecular flexibility index (Phi) is 5.06. The first kappa shape index (κ1) is 17.1. The van der Waals surface area contributed by atoms with Crippen molar-refractivity contribution in [1.29, 1.82) is 0 Å². The molecule has 0 spiro atoms. The van der Waals surface area contributed by atoms with Gasteiger partial charge in [-0.3, -0.25) is 5.10 Å². The van der Waals surface area contributed by atoms with Crippen LogP contribution in [0, 0.1) is 4.77 Å². The molecule has 0 aliphatic heterocycles. The zero-order valence-corrected chi connectivity index (χ0v) is 14.8. The van der Waals surface area contributed by atoms with E-state index in [1.165, 1.54) is 24.3 Å². The van der Waals surface area contributed by atoms with E-state index < -0.39 is 16.1 Å². The number of nitrogens with one attached hydrogen (secondary N) is 2. The summed E-state index contributed by atoms with van der Waals surface area (Å²) in [5.41, 5.74) is 0. The molecule has 1 aromatic carbocycles. The van der Waals surface area contributed by atoms with Crippen molar-refractivity contribution < 1.29 is 8.42 Å². The second kappa shape index (κ2) is 6.49. The summed E-state index contributed by atoms with van der Waals surface area (Å²) < 4.78 is 29.6. The molecule has 120 valence electrons. The van der Waals surface area contributed by atoms with Crippen LogP contribution in [0.4, 0.5) is 0 Å². The van der Waals surface area contributed by atoms with E-state index in [1.807, 2.05) is 13.8 Å². The largest absolute Gasteiger partial charge is 0.300 e. The molecule has 0 amide bonds. The lowest BCUT2D eigenvalue weighted by molar-refractivity contribution is 0.511. The molecule has 22 heavy (non-hydrogen) atoms. The first-order chi connectivity index (χ1) is 10.2. The average Bonchev–Trinajstić information content (AvgIpc) is 2.81. The van der Waals surface area contributed by atoms with Gasteiger partial charge in [0.1, 0.15) is 5.82 Å². The van der Waals surface area contributed by atoms with E-state index in [4.69, 9.17) is 23.8 Å². The van der Waals surface area contributed by atoms with Gasteiger partial charge in [0.05, 0.1) is 10.9 Å². The molecule has 1 atom stereocenters. The summed E-state index contributed by atoms with van der Waals surface area (Å²) in [6, 6.07) is 5.52. The average molecular weight is 361 g/mol. The number of H-pyrrole nitrogens is 1. The van der Waals surface area contributed by atoms with Crippen molar-refractivity contribution in [2.75, 3.05) is 0 Å². The molecule has 9 heteroatoms. The number of aromatic amines is 1. The highest BCUT2D eigenvalue weighted by Crippen LogP contribution is 2.19. The monoisotopic (exact) mass is 360 g/mol. The molecule has 0 bridgehead atoms. The molecular formula is C13H17ClN4O2S2. The summed E-state index contributed by atoms with van der Waals surface area (Å²) in [7, 11) is -3.67. The predicted molar refractivity (Wildman–Crippen MR) is 88.0 cm³/mol. The molecule has 2 aromatic rings. The first-order valence-electron chi connectivity index (χ1n) is 6.67. The van der Waals surface area contributed by atoms with Crippen molar-refractivity contribution in [3.63, 3.8) is 0 Å². The Morgan fingerprint density at radius 1 is 1.27 bits per heavy atom. The smallest absolute Gasteiger partial charge is 0.241 e. The minimum Gasteiger partial charge on any atom is -0.300 e. The molecule has 1 heterocycles. The van der Waals surface area contributed by atoms with E-state index in [0.29, 0.717) is 15.6 Å². The van der Waals surface area contributed by atoms with Gasteiger partial charge in [0, 0.05) is 11.1 Å². The van der Waals surface area contributed by atoms with Crippen molar-refractivity contribution in [3.05, 3.63) is 39.9 Å². The highest BCUT2D eigenvalue weighted by molar-refractivity contribution is 7.89. The van der Waals surface area contributed by atoms with Crippen LogP contribution in [-0.2, 0) is 10.0 Å². The van der Waals surface area contributed by atoms with Crippen LogP contribution in [-0.4, -0.2) is 23.2 Å². The van der Waals surface area contributed by atoms with Crippen LogP contribution in [0.15, 0.2) is 29.2 Å². The van der Waals surface area contributed by atoms with Gasteiger partial charge in [-0.15, -0.1) is 0 Å². The summed E-state index contributed by atoms with van der Waals surface area (Å²) in [6.45, 7) is 5.63. The fourth-order valence-electron chi connectivity index (χ4n) is 2.09. The normalized spacial score (nSPS) is 13.5. The molecule has 0 saturated carbocycles. The Morgan fingerprint density at radius 3 is 2.41 bits per heavy atom. The second-order valence-corrected chi connectivity index (χ2v) is 7.68. The van der Waals surface area contributed by atoms with Gasteiger partial charge >= 0.3 is 0 Å². The van der Waals surface area contributed by atoms with Gasteiger partial charge in [-0.1, -0.05) is 11.6 Å². The predicted octanol–water partition coefficient (Wildman–Crippen LogP) is 3.21. The van der Waals surface area contributed by atoms with Crippen LogP contribution in [0.25, 0.3) is 0 Å². The summed E-state index contributed by atoms with van der Waals surface area (Å²) in [4.78, 5) is 0.147. The number of hydrogen-bond acceptors (Lipinski definition) is 4. The van der Waals surface area contributed by atoms with Gasteiger partial charge < -0.3 is 4.57 Å². The van der Waals surface area contributed by atoms with E-state index in [-0.39, 0.29) is 10.9 Å². The van der Waals surface area contributed by atoms with Crippen LogP contribution in [0.2, 0.25) is 5.02 Å². The fraction of sp³-hybridized carbons (Fsp3) is 0.385. The zero-order valence-electron chi connectivity index (χ0n) is 12.4.